The fraction of sp³-hybridized carbons (Fsp3) is 0.0909. The molecule has 1 N–H and O–H groups in total. The van der Waals surface area contributed by atoms with Gasteiger partial charge in [0.25, 0.3) is 0 Å². The molecule has 94 valence electrons. The zero-order valence-electron chi connectivity index (χ0n) is 9.09. The summed E-state index contributed by atoms with van der Waals surface area (Å²) in [5.41, 5.74) is -3.30. The van der Waals surface area contributed by atoms with Crippen LogP contribution in [0.3, 0.4) is 0 Å². The average Bonchev–Trinajstić information content (AvgIpc) is 2.37. The SMILES string of the molecule is N#CCC(=O)Nc1c(F)c(C#N)c(F)c(F)c1C#N. The fourth-order valence-electron chi connectivity index (χ4n) is 1.24. The van der Waals surface area contributed by atoms with Crippen molar-refractivity contribution in [1.82, 2.24) is 0 Å². The highest BCUT2D eigenvalue weighted by Gasteiger charge is 2.26. The molecule has 0 fully saturated rings. The maximum atomic E-state index is 13.7. The molecule has 8 heteroatoms. The summed E-state index contributed by atoms with van der Waals surface area (Å²) in [5, 5.41) is 27.1. The molecule has 1 amide bonds. The first-order valence-electron chi connectivity index (χ1n) is 4.65. The van der Waals surface area contributed by atoms with Gasteiger partial charge in [0.2, 0.25) is 5.91 Å². The molecule has 0 atom stereocenters. The van der Waals surface area contributed by atoms with Crippen LogP contribution >= 0.6 is 0 Å². The minimum absolute atomic E-state index is 0.675. The third-order valence-corrected chi connectivity index (χ3v) is 2.05. The molecule has 19 heavy (non-hydrogen) atoms. The molecule has 5 nitrogen and oxygen atoms in total. The minimum Gasteiger partial charge on any atom is -0.321 e. The number of hydrogen-bond acceptors (Lipinski definition) is 4. The molecule has 0 aliphatic carbocycles. The molecule has 0 aliphatic rings. The molecular formula is C11H3F3N4O. The van der Waals surface area contributed by atoms with Crippen molar-refractivity contribution in [2.45, 2.75) is 6.42 Å². The molecule has 0 saturated heterocycles. The van der Waals surface area contributed by atoms with E-state index < -0.39 is 46.6 Å². The molecule has 0 radical (unpaired) electrons. The van der Waals surface area contributed by atoms with Crippen LogP contribution in [-0.4, -0.2) is 5.91 Å². The Hall–Kier alpha value is -3.05. The first-order chi connectivity index (χ1) is 8.97. The van der Waals surface area contributed by atoms with Crippen LogP contribution in [0.25, 0.3) is 0 Å². The molecule has 0 spiro atoms. The highest BCUT2D eigenvalue weighted by atomic mass is 19.2. The van der Waals surface area contributed by atoms with Crippen molar-refractivity contribution in [3.05, 3.63) is 28.6 Å². The molecule has 1 rings (SSSR count). The van der Waals surface area contributed by atoms with E-state index in [4.69, 9.17) is 15.8 Å². The van der Waals surface area contributed by atoms with Gasteiger partial charge in [0, 0.05) is 0 Å². The van der Waals surface area contributed by atoms with Gasteiger partial charge in [-0.25, -0.2) is 13.2 Å². The van der Waals surface area contributed by atoms with Crippen molar-refractivity contribution in [2.75, 3.05) is 5.32 Å². The third-order valence-electron chi connectivity index (χ3n) is 2.05. The number of halogens is 3. The zero-order valence-corrected chi connectivity index (χ0v) is 9.09. The third kappa shape index (κ3) is 2.46. The summed E-state index contributed by atoms with van der Waals surface area (Å²) >= 11 is 0. The van der Waals surface area contributed by atoms with Crippen molar-refractivity contribution < 1.29 is 18.0 Å². The van der Waals surface area contributed by atoms with E-state index in [-0.39, 0.29) is 0 Å². The van der Waals surface area contributed by atoms with Gasteiger partial charge in [0.15, 0.2) is 17.5 Å². The maximum Gasteiger partial charge on any atom is 0.238 e. The van der Waals surface area contributed by atoms with Crippen LogP contribution in [0.4, 0.5) is 18.9 Å². The number of nitriles is 3. The van der Waals surface area contributed by atoms with E-state index in [1.807, 2.05) is 0 Å². The van der Waals surface area contributed by atoms with E-state index in [2.05, 4.69) is 0 Å². The standard InChI is InChI=1S/C11H3F3N4O/c12-8-5(3-16)10(14)11(6(4-17)9(8)13)18-7(19)1-2-15/h1H2,(H,18,19). The van der Waals surface area contributed by atoms with E-state index in [1.54, 1.807) is 5.32 Å². The monoisotopic (exact) mass is 264 g/mol. The van der Waals surface area contributed by atoms with Gasteiger partial charge in [0.05, 0.1) is 11.8 Å². The van der Waals surface area contributed by atoms with Crippen LogP contribution in [0.15, 0.2) is 0 Å². The number of carbonyl (C=O) groups excluding carboxylic acids is 1. The number of nitrogens with one attached hydrogen (secondary N) is 1. The molecule has 0 heterocycles. The number of benzene rings is 1. The lowest BCUT2D eigenvalue weighted by molar-refractivity contribution is -0.115. The Labute approximate surface area is 105 Å². The van der Waals surface area contributed by atoms with Crippen LogP contribution in [0.2, 0.25) is 0 Å². The lowest BCUT2D eigenvalue weighted by atomic mass is 10.1. The quantitative estimate of drug-likeness (QED) is 0.821. The Morgan fingerprint density at radius 2 is 1.53 bits per heavy atom. The highest BCUT2D eigenvalue weighted by molar-refractivity contribution is 5.93. The summed E-state index contributed by atoms with van der Waals surface area (Å²) in [5.74, 6) is -6.14. The predicted molar refractivity (Wildman–Crippen MR) is 54.6 cm³/mol. The second kappa shape index (κ2) is 5.52. The normalized spacial score (nSPS) is 9.05. The van der Waals surface area contributed by atoms with Gasteiger partial charge >= 0.3 is 0 Å². The molecule has 0 aromatic heterocycles. The Kier molecular flexibility index (Phi) is 4.07. The lowest BCUT2D eigenvalue weighted by Gasteiger charge is -2.09. The van der Waals surface area contributed by atoms with Crippen LogP contribution in [0.1, 0.15) is 17.5 Å². The van der Waals surface area contributed by atoms with E-state index in [1.165, 1.54) is 12.1 Å². The molecule has 0 aliphatic heterocycles. The van der Waals surface area contributed by atoms with Crippen molar-refractivity contribution >= 4 is 11.6 Å². The summed E-state index contributed by atoms with van der Waals surface area (Å²) in [7, 11) is 0. The summed E-state index contributed by atoms with van der Waals surface area (Å²) < 4.78 is 40.3. The number of nitrogens with zero attached hydrogens (tertiary/aromatic N) is 3. The van der Waals surface area contributed by atoms with Crippen molar-refractivity contribution in [1.29, 1.82) is 15.8 Å². The second-order valence-electron chi connectivity index (χ2n) is 3.17. The first-order valence-corrected chi connectivity index (χ1v) is 4.65. The van der Waals surface area contributed by atoms with Gasteiger partial charge in [-0.1, -0.05) is 0 Å². The van der Waals surface area contributed by atoms with Gasteiger partial charge in [-0.05, 0) is 0 Å². The Bertz CT molecular complexity index is 679. The van der Waals surface area contributed by atoms with Gasteiger partial charge < -0.3 is 5.32 Å². The molecule has 1 aromatic carbocycles. The first kappa shape index (κ1) is 14.0. The molecule has 0 bridgehead atoms. The maximum absolute atomic E-state index is 13.7. The number of hydrogen-bond donors (Lipinski definition) is 1. The van der Waals surface area contributed by atoms with Crippen molar-refractivity contribution in [3.8, 4) is 18.2 Å². The topological polar surface area (TPSA) is 100 Å². The van der Waals surface area contributed by atoms with E-state index in [0.29, 0.717) is 0 Å². The van der Waals surface area contributed by atoms with Crippen LogP contribution in [0.5, 0.6) is 0 Å². The second-order valence-corrected chi connectivity index (χ2v) is 3.17. The Morgan fingerprint density at radius 1 is 1.00 bits per heavy atom. The molecular weight excluding hydrogens is 261 g/mol. The van der Waals surface area contributed by atoms with Crippen LogP contribution in [-0.2, 0) is 4.79 Å². The van der Waals surface area contributed by atoms with Gasteiger partial charge in [-0.3, -0.25) is 4.79 Å². The Balaban J connectivity index is 3.52. The largest absolute Gasteiger partial charge is 0.321 e. The van der Waals surface area contributed by atoms with E-state index >= 15 is 0 Å². The van der Waals surface area contributed by atoms with Crippen molar-refractivity contribution in [3.63, 3.8) is 0 Å². The number of carbonyl (C=O) groups is 1. The predicted octanol–water partition coefficient (Wildman–Crippen LogP) is 1.70. The van der Waals surface area contributed by atoms with E-state index in [9.17, 15) is 18.0 Å². The summed E-state index contributed by atoms with van der Waals surface area (Å²) in [6.45, 7) is 0. The number of amides is 1. The summed E-state index contributed by atoms with van der Waals surface area (Å²) in [6.07, 6.45) is -0.675. The molecule has 0 unspecified atom stereocenters. The van der Waals surface area contributed by atoms with Crippen molar-refractivity contribution in [2.24, 2.45) is 0 Å². The van der Waals surface area contributed by atoms with Gasteiger partial charge in [0.1, 0.15) is 29.7 Å². The highest BCUT2D eigenvalue weighted by Crippen LogP contribution is 2.28. The molecule has 1 aromatic rings. The summed E-state index contributed by atoms with van der Waals surface area (Å²) in [6, 6.07) is 3.72. The average molecular weight is 264 g/mol. The number of anilines is 1. The number of rotatable bonds is 2. The van der Waals surface area contributed by atoms with Crippen LogP contribution < -0.4 is 5.32 Å². The van der Waals surface area contributed by atoms with Crippen LogP contribution in [0, 0.1) is 51.4 Å². The fourth-order valence-corrected chi connectivity index (χ4v) is 1.24. The Morgan fingerprint density at radius 3 is 2.00 bits per heavy atom. The van der Waals surface area contributed by atoms with Gasteiger partial charge in [-0.15, -0.1) is 0 Å². The zero-order chi connectivity index (χ0) is 14.6. The summed E-state index contributed by atoms with van der Waals surface area (Å²) in [4.78, 5) is 11.1. The van der Waals surface area contributed by atoms with E-state index in [0.717, 1.165) is 6.07 Å². The minimum atomic E-state index is -1.81. The van der Waals surface area contributed by atoms with Gasteiger partial charge in [-0.2, -0.15) is 15.8 Å². The lowest BCUT2D eigenvalue weighted by Crippen LogP contribution is -2.15. The molecule has 0 saturated carbocycles. The smallest absolute Gasteiger partial charge is 0.238 e.